The number of ether oxygens (including phenoxy) is 2. The first-order valence-corrected chi connectivity index (χ1v) is 30.6. The Morgan fingerprint density at radius 1 is 0.627 bits per heavy atom. The number of hydrogen-bond acceptors (Lipinski definition) is 16. The number of H-pyrrole nitrogens is 2. The van der Waals surface area contributed by atoms with E-state index in [1.807, 2.05) is 60.7 Å². The Kier molecular flexibility index (Phi) is 21.2. The molecule has 0 saturated heterocycles. The van der Waals surface area contributed by atoms with Gasteiger partial charge in [0.1, 0.15) is 11.2 Å². The highest BCUT2D eigenvalue weighted by Gasteiger charge is 2.37. The summed E-state index contributed by atoms with van der Waals surface area (Å²) in [7, 11) is -5.35. The Hall–Kier alpha value is -6.91. The number of nitrogens with zero attached hydrogens (tertiary/aromatic N) is 5. The fraction of sp³-hybridized carbons (Fsp3) is 0.491. The number of aliphatic hydroxyl groups is 2. The number of aliphatic hydroxyl groups excluding tert-OH is 2. The summed E-state index contributed by atoms with van der Waals surface area (Å²) in [5.74, 6) is 0.339. The number of hydrogen-bond donors (Lipinski definition) is 8. The van der Waals surface area contributed by atoms with Gasteiger partial charge in [0.05, 0.1) is 81.4 Å². The number of aromatic nitrogens is 4. The summed E-state index contributed by atoms with van der Waals surface area (Å²) in [6, 6.07) is 25.2. The van der Waals surface area contributed by atoms with Gasteiger partial charge in [-0.25, -0.2) is 41.2 Å². The van der Waals surface area contributed by atoms with Crippen molar-refractivity contribution in [3.63, 3.8) is 0 Å². The number of amides is 4. The van der Waals surface area contributed by atoms with Crippen LogP contribution in [0.5, 0.6) is 0 Å². The van der Waals surface area contributed by atoms with Gasteiger partial charge in [0.25, 0.3) is 20.0 Å². The highest BCUT2D eigenvalue weighted by atomic mass is 32.2. The molecule has 0 aliphatic heterocycles. The standard InChI is InChI=1S/C30H42N6O7S.C27H37N5O6S/c1-30(2,3)42-29(39)33-25(17-20-11-7-6-8-12-20)26(37)19-36(43-21-13-9-10-14-21)44(40,41)22-15-16-23-24(18-22)32-27(31-23)34-28(38)35(4)5;1-27(2,3)37-26(34)31-23(15-18-9-5-4-6-10-18)24(33)17-32(38-19-11-7-8-12-19)39(35,36)20-13-14-21-22(16-20)30-25(28)29-21/h6-8,11-12,15-16,18,21,25-26,37H,9-10,13-14,17,19H2,1-5H3,(H,33,39)(H2,31,32,34,38);4-6,9-10,13-14,16,19,23-24,33H,7-8,11-12,15,17H2,1-3H3,(H,31,34)(H3,28,29,30)/t25-,26+;/m0./s1. The van der Waals surface area contributed by atoms with Crippen LogP contribution in [0.1, 0.15) is 104 Å². The number of nitrogen functional groups attached to an aromatic ring is 1. The SMILES string of the molecule is CC(C)(C)OC(=O)NC(Cc1ccccc1)C(O)CN(OC1CCCC1)S(=O)(=O)c1ccc2[nH]c(N)nc2c1.CN(C)C(=O)Nc1nc2cc(S(=O)(=O)N(C[C@@H](O)[C@H](Cc3ccccc3)NC(=O)OC(C)(C)C)OC3CCCC3)ccc2[nH]1. The van der Waals surface area contributed by atoms with Crippen LogP contribution in [0.25, 0.3) is 22.1 Å². The summed E-state index contributed by atoms with van der Waals surface area (Å²) in [4.78, 5) is 64.9. The number of hydroxylamine groups is 2. The van der Waals surface area contributed by atoms with Gasteiger partial charge in [0.2, 0.25) is 5.95 Å². The highest BCUT2D eigenvalue weighted by Crippen LogP contribution is 2.30. The average molecular weight is 1190 g/mol. The molecule has 24 nitrogen and oxygen atoms in total. The van der Waals surface area contributed by atoms with E-state index in [2.05, 4.69) is 35.9 Å². The minimum Gasteiger partial charge on any atom is -0.444 e. The zero-order chi connectivity index (χ0) is 60.3. The predicted molar refractivity (Wildman–Crippen MR) is 312 cm³/mol. The van der Waals surface area contributed by atoms with E-state index in [9.17, 15) is 41.4 Å². The van der Waals surface area contributed by atoms with Crippen molar-refractivity contribution in [3.8, 4) is 0 Å². The van der Waals surface area contributed by atoms with Crippen LogP contribution in [-0.4, -0.2) is 154 Å². The Morgan fingerprint density at radius 2 is 1.02 bits per heavy atom. The summed E-state index contributed by atoms with van der Waals surface area (Å²) in [6.45, 7) is 9.55. The number of urea groups is 1. The van der Waals surface area contributed by atoms with Crippen molar-refractivity contribution in [2.45, 2.75) is 163 Å². The molecule has 2 aliphatic carbocycles. The second-order valence-corrected chi connectivity index (χ2v) is 26.6. The number of aromatic amines is 2. The number of alkyl carbamates (subject to hydrolysis) is 2. The molecule has 452 valence electrons. The van der Waals surface area contributed by atoms with Crippen LogP contribution in [-0.2, 0) is 52.0 Å². The van der Waals surface area contributed by atoms with Crippen molar-refractivity contribution in [3.05, 3.63) is 108 Å². The van der Waals surface area contributed by atoms with Crippen molar-refractivity contribution < 1.29 is 60.6 Å². The van der Waals surface area contributed by atoms with Crippen LogP contribution < -0.4 is 21.7 Å². The molecule has 2 saturated carbocycles. The number of fused-ring (bicyclic) bond motifs is 2. The predicted octanol–water partition coefficient (Wildman–Crippen LogP) is 7.53. The number of sulfonamides is 2. The van der Waals surface area contributed by atoms with E-state index in [1.54, 1.807) is 67.8 Å². The second kappa shape index (κ2) is 27.7. The Balaban J connectivity index is 0.000000240. The minimum absolute atomic E-state index is 0.0496. The van der Waals surface area contributed by atoms with Gasteiger partial charge in [0.15, 0.2) is 5.95 Å². The van der Waals surface area contributed by atoms with Crippen molar-refractivity contribution in [2.75, 3.05) is 38.2 Å². The number of imidazole rings is 2. The van der Waals surface area contributed by atoms with Gasteiger partial charge >= 0.3 is 18.2 Å². The molecule has 4 amide bonds. The molecule has 2 unspecified atom stereocenters. The van der Waals surface area contributed by atoms with E-state index in [0.717, 1.165) is 45.7 Å². The van der Waals surface area contributed by atoms with Crippen LogP contribution in [0.4, 0.5) is 26.3 Å². The Labute approximate surface area is 484 Å². The molecule has 4 atom stereocenters. The lowest BCUT2D eigenvalue weighted by molar-refractivity contribution is -0.145. The van der Waals surface area contributed by atoms with Crippen molar-refractivity contribution in [1.29, 1.82) is 0 Å². The number of rotatable bonds is 21. The Bertz CT molecular complexity index is 3340. The maximum atomic E-state index is 14.0. The van der Waals surface area contributed by atoms with Crippen LogP contribution in [0, 0.1) is 0 Å². The fourth-order valence-corrected chi connectivity index (χ4v) is 12.0. The second-order valence-electron chi connectivity index (χ2n) is 22.9. The van der Waals surface area contributed by atoms with Crippen LogP contribution in [0.3, 0.4) is 0 Å². The zero-order valence-corrected chi connectivity index (χ0v) is 49.8. The van der Waals surface area contributed by atoms with Crippen LogP contribution in [0.2, 0.25) is 0 Å². The molecule has 2 aliphatic rings. The normalized spacial score (nSPS) is 16.0. The molecule has 0 spiro atoms. The molecule has 0 radical (unpaired) electrons. The molecule has 26 heteroatoms. The summed E-state index contributed by atoms with van der Waals surface area (Å²) in [5.41, 5.74) is 7.72. The van der Waals surface area contributed by atoms with Gasteiger partial charge < -0.3 is 50.9 Å². The van der Waals surface area contributed by atoms with Gasteiger partial charge in [-0.2, -0.15) is 0 Å². The minimum atomic E-state index is -4.31. The van der Waals surface area contributed by atoms with E-state index in [-0.39, 0.29) is 46.7 Å². The zero-order valence-electron chi connectivity index (χ0n) is 48.2. The fourth-order valence-electron chi connectivity index (χ4n) is 9.32. The molecule has 8 rings (SSSR count). The molecule has 6 aromatic rings. The molecule has 0 bridgehead atoms. The number of nitrogens with one attached hydrogen (secondary N) is 5. The summed E-state index contributed by atoms with van der Waals surface area (Å²) in [5, 5.41) is 30.9. The van der Waals surface area contributed by atoms with E-state index < -0.39 is 86.8 Å². The molecule has 9 N–H and O–H groups in total. The van der Waals surface area contributed by atoms with E-state index in [0.29, 0.717) is 47.8 Å². The molecule has 2 aromatic heterocycles. The first kappa shape index (κ1) is 63.7. The number of carbonyl (C=O) groups excluding carboxylic acids is 3. The monoisotopic (exact) mass is 1190 g/mol. The Morgan fingerprint density at radius 3 is 1.42 bits per heavy atom. The average Bonchev–Trinajstić information content (AvgIpc) is 3.29. The van der Waals surface area contributed by atoms with Crippen molar-refractivity contribution >= 4 is 72.2 Å². The number of nitrogens with two attached hydrogens (primary N) is 1. The number of anilines is 2. The van der Waals surface area contributed by atoms with Crippen LogP contribution in [0.15, 0.2) is 107 Å². The van der Waals surface area contributed by atoms with Gasteiger partial charge in [-0.15, -0.1) is 0 Å². The lowest BCUT2D eigenvalue weighted by atomic mass is 10.0. The largest absolute Gasteiger partial charge is 0.444 e. The van der Waals surface area contributed by atoms with Crippen LogP contribution >= 0.6 is 0 Å². The molecular formula is C57H79N11O13S2. The third-order valence-electron chi connectivity index (χ3n) is 13.4. The van der Waals surface area contributed by atoms with E-state index in [4.69, 9.17) is 24.9 Å². The summed E-state index contributed by atoms with van der Waals surface area (Å²) in [6.07, 6.45) is 2.13. The van der Waals surface area contributed by atoms with Crippen molar-refractivity contribution in [2.24, 2.45) is 0 Å². The summed E-state index contributed by atoms with van der Waals surface area (Å²) >= 11 is 0. The van der Waals surface area contributed by atoms with Gasteiger partial charge in [-0.3, -0.25) is 15.0 Å². The summed E-state index contributed by atoms with van der Waals surface area (Å²) < 4.78 is 68.2. The molecule has 4 aromatic carbocycles. The first-order chi connectivity index (χ1) is 39.1. The lowest BCUT2D eigenvalue weighted by Crippen LogP contribution is -2.51. The molecule has 2 fully saturated rings. The first-order valence-electron chi connectivity index (χ1n) is 27.7. The topological polar surface area (TPSA) is 326 Å². The lowest BCUT2D eigenvalue weighted by Gasteiger charge is -2.31. The van der Waals surface area contributed by atoms with Gasteiger partial charge in [-0.05, 0) is 128 Å². The molecule has 2 heterocycles. The third kappa shape index (κ3) is 18.5. The van der Waals surface area contributed by atoms with Crippen molar-refractivity contribution in [1.82, 2.24) is 44.4 Å². The van der Waals surface area contributed by atoms with E-state index in [1.165, 1.54) is 29.2 Å². The number of benzene rings is 4. The maximum Gasteiger partial charge on any atom is 0.407 e. The third-order valence-corrected chi connectivity index (χ3v) is 16.7. The van der Waals surface area contributed by atoms with Gasteiger partial charge in [-0.1, -0.05) is 95.3 Å². The molecule has 83 heavy (non-hydrogen) atoms. The smallest absolute Gasteiger partial charge is 0.407 e. The van der Waals surface area contributed by atoms with E-state index >= 15 is 0 Å². The molecular weight excluding hydrogens is 1110 g/mol. The maximum absolute atomic E-state index is 14.0. The number of carbonyl (C=O) groups is 3. The highest BCUT2D eigenvalue weighted by molar-refractivity contribution is 7.89. The van der Waals surface area contributed by atoms with Gasteiger partial charge in [0, 0.05) is 14.1 Å². The quantitative estimate of drug-likeness (QED) is 0.0323.